The number of piperazine rings is 1. The summed E-state index contributed by atoms with van der Waals surface area (Å²) in [5, 5.41) is 0. The Labute approximate surface area is 207 Å². The van der Waals surface area contributed by atoms with Gasteiger partial charge in [-0.3, -0.25) is 14.6 Å². The van der Waals surface area contributed by atoms with Crippen LogP contribution < -0.4 is 0 Å². The molecule has 0 spiro atoms. The fourth-order valence-electron chi connectivity index (χ4n) is 5.14. The maximum atomic E-state index is 13.5. The molecule has 0 saturated carbocycles. The van der Waals surface area contributed by atoms with E-state index < -0.39 is 0 Å². The zero-order valence-corrected chi connectivity index (χ0v) is 21.0. The lowest BCUT2D eigenvalue weighted by Crippen LogP contribution is -2.51. The van der Waals surface area contributed by atoms with Crippen LogP contribution in [0.25, 0.3) is 0 Å². The summed E-state index contributed by atoms with van der Waals surface area (Å²) in [5.41, 5.74) is 3.48. The normalized spacial score (nSPS) is 21.1. The van der Waals surface area contributed by atoms with Crippen molar-refractivity contribution in [2.24, 2.45) is 5.92 Å². The second-order valence-corrected chi connectivity index (χ2v) is 9.55. The molecule has 0 bridgehead atoms. The zero-order chi connectivity index (χ0) is 24.9. The Morgan fingerprint density at radius 3 is 2.31 bits per heavy atom. The number of carbonyl (C=O) groups is 3. The first-order chi connectivity index (χ1) is 16.9. The minimum absolute atomic E-state index is 0.0392. The molecule has 0 radical (unpaired) electrons. The first kappa shape index (κ1) is 24.9. The number of allylic oxidation sites excluding steroid dienone is 2. The van der Waals surface area contributed by atoms with Crippen LogP contribution in [0.15, 0.2) is 35.9 Å². The lowest BCUT2D eigenvalue weighted by atomic mass is 9.88. The maximum absolute atomic E-state index is 13.5. The second kappa shape index (κ2) is 11.1. The van der Waals surface area contributed by atoms with E-state index in [-0.39, 0.29) is 29.7 Å². The Morgan fingerprint density at radius 1 is 0.971 bits per heavy atom. The van der Waals surface area contributed by atoms with Gasteiger partial charge in [-0.1, -0.05) is 23.8 Å². The van der Waals surface area contributed by atoms with E-state index in [0.29, 0.717) is 51.4 Å². The molecule has 1 aliphatic carbocycles. The van der Waals surface area contributed by atoms with Gasteiger partial charge in [0.1, 0.15) is 0 Å². The van der Waals surface area contributed by atoms with Crippen LogP contribution in [0.3, 0.4) is 0 Å². The van der Waals surface area contributed by atoms with E-state index in [1.54, 1.807) is 16.7 Å². The number of ether oxygens (including phenoxy) is 1. The summed E-state index contributed by atoms with van der Waals surface area (Å²) < 4.78 is 5.08. The third-order valence-corrected chi connectivity index (χ3v) is 7.24. The third-order valence-electron chi connectivity index (χ3n) is 7.24. The Bertz CT molecular complexity index is 1020. The van der Waals surface area contributed by atoms with Crippen molar-refractivity contribution in [3.05, 3.63) is 52.9 Å². The van der Waals surface area contributed by atoms with Crippen molar-refractivity contribution in [3.8, 4) is 0 Å². The van der Waals surface area contributed by atoms with Crippen molar-refractivity contribution >= 4 is 17.9 Å². The number of nitrogens with zero attached hydrogens (tertiary/aromatic N) is 4. The molecular formula is C27H36N4O4. The number of piperidine rings is 1. The monoisotopic (exact) mass is 480 g/mol. The molecule has 4 rings (SSSR count). The number of pyridine rings is 1. The molecule has 188 valence electrons. The molecule has 0 N–H and O–H groups in total. The van der Waals surface area contributed by atoms with Crippen LogP contribution in [0, 0.1) is 12.8 Å². The molecule has 2 aliphatic heterocycles. The molecule has 1 aromatic heterocycles. The number of likely N-dealkylation sites (tertiary alicyclic amines) is 1. The van der Waals surface area contributed by atoms with Crippen molar-refractivity contribution in [2.75, 3.05) is 45.9 Å². The van der Waals surface area contributed by atoms with Crippen LogP contribution in [0.4, 0.5) is 4.79 Å². The number of amides is 3. The molecule has 8 heteroatoms. The average Bonchev–Trinajstić information content (AvgIpc) is 2.88. The predicted octanol–water partition coefficient (Wildman–Crippen LogP) is 3.53. The minimum Gasteiger partial charge on any atom is -0.450 e. The molecule has 3 aliphatic rings. The van der Waals surface area contributed by atoms with Crippen LogP contribution in [0.1, 0.15) is 60.8 Å². The summed E-state index contributed by atoms with van der Waals surface area (Å²) >= 11 is 0. The Kier molecular flexibility index (Phi) is 7.88. The fourth-order valence-corrected chi connectivity index (χ4v) is 5.14. The summed E-state index contributed by atoms with van der Waals surface area (Å²) in [5.74, 6) is 0.115. The molecule has 1 atom stereocenters. The van der Waals surface area contributed by atoms with Crippen molar-refractivity contribution in [3.63, 3.8) is 0 Å². The molecule has 3 amide bonds. The quantitative estimate of drug-likeness (QED) is 0.616. The van der Waals surface area contributed by atoms with Gasteiger partial charge < -0.3 is 19.4 Å². The second-order valence-electron chi connectivity index (χ2n) is 9.55. The van der Waals surface area contributed by atoms with Gasteiger partial charge in [0.05, 0.1) is 23.8 Å². The van der Waals surface area contributed by atoms with E-state index in [1.807, 2.05) is 37.0 Å². The van der Waals surface area contributed by atoms with Gasteiger partial charge in [0.2, 0.25) is 5.91 Å². The molecule has 8 nitrogen and oxygen atoms in total. The zero-order valence-electron chi connectivity index (χ0n) is 21.0. The van der Waals surface area contributed by atoms with Crippen molar-refractivity contribution < 1.29 is 19.1 Å². The van der Waals surface area contributed by atoms with E-state index in [9.17, 15) is 14.4 Å². The van der Waals surface area contributed by atoms with Crippen molar-refractivity contribution in [2.45, 2.75) is 46.0 Å². The van der Waals surface area contributed by atoms with Crippen LogP contribution in [0.2, 0.25) is 0 Å². The summed E-state index contributed by atoms with van der Waals surface area (Å²) in [6, 6.07) is 3.77. The number of hydrogen-bond acceptors (Lipinski definition) is 5. The number of carbonyl (C=O) groups excluding carboxylic acids is 3. The lowest BCUT2D eigenvalue weighted by Gasteiger charge is -2.36. The van der Waals surface area contributed by atoms with E-state index in [1.165, 1.54) is 0 Å². The lowest BCUT2D eigenvalue weighted by molar-refractivity contribution is -0.134. The number of aryl methyl sites for hydroxylation is 1. The maximum Gasteiger partial charge on any atom is 0.409 e. The molecule has 0 aromatic carbocycles. The number of rotatable bonds is 4. The summed E-state index contributed by atoms with van der Waals surface area (Å²) in [6.07, 6.45) is 8.35. The third kappa shape index (κ3) is 5.57. The van der Waals surface area contributed by atoms with Gasteiger partial charge in [0, 0.05) is 50.9 Å². The fraction of sp³-hybridized carbons (Fsp3) is 0.556. The minimum atomic E-state index is -0.326. The molecule has 2 saturated heterocycles. The highest BCUT2D eigenvalue weighted by Gasteiger charge is 2.33. The van der Waals surface area contributed by atoms with E-state index in [2.05, 4.69) is 12.2 Å². The molecule has 1 unspecified atom stereocenters. The summed E-state index contributed by atoms with van der Waals surface area (Å²) in [7, 11) is 0. The number of hydrogen-bond donors (Lipinski definition) is 0. The first-order valence-corrected chi connectivity index (χ1v) is 12.7. The molecular weight excluding hydrogens is 444 g/mol. The summed E-state index contributed by atoms with van der Waals surface area (Å²) in [4.78, 5) is 48.7. The van der Waals surface area contributed by atoms with Gasteiger partial charge in [-0.2, -0.15) is 0 Å². The Hall–Kier alpha value is -3.16. The predicted molar refractivity (Wildman–Crippen MR) is 133 cm³/mol. The van der Waals surface area contributed by atoms with Gasteiger partial charge >= 0.3 is 6.09 Å². The summed E-state index contributed by atoms with van der Waals surface area (Å²) in [6.45, 7) is 9.30. The van der Waals surface area contributed by atoms with Crippen molar-refractivity contribution in [1.29, 1.82) is 0 Å². The van der Waals surface area contributed by atoms with Crippen LogP contribution in [-0.2, 0) is 9.53 Å². The van der Waals surface area contributed by atoms with Gasteiger partial charge in [0.25, 0.3) is 5.91 Å². The van der Waals surface area contributed by atoms with E-state index in [0.717, 1.165) is 36.2 Å². The van der Waals surface area contributed by atoms with Crippen LogP contribution >= 0.6 is 0 Å². The van der Waals surface area contributed by atoms with Gasteiger partial charge in [-0.05, 0) is 52.2 Å². The van der Waals surface area contributed by atoms with Crippen molar-refractivity contribution in [1.82, 2.24) is 19.7 Å². The molecule has 2 fully saturated rings. The first-order valence-electron chi connectivity index (χ1n) is 12.7. The highest BCUT2D eigenvalue weighted by molar-refractivity contribution is 5.95. The topological polar surface area (TPSA) is 83.1 Å². The molecule has 3 heterocycles. The van der Waals surface area contributed by atoms with Crippen LogP contribution in [-0.4, -0.2) is 83.5 Å². The average molecular weight is 481 g/mol. The van der Waals surface area contributed by atoms with E-state index >= 15 is 0 Å². The standard InChI is InChI=1S/C27H36N4O4/c1-4-35-27(34)31-17-15-30(16-18-31)26(33)23-10-9-20(3)28-24(23)21-11-13-29(14-12-21)25(32)22-8-6-5-7-19(22)2/h6-10,21-22H,4-5,11-18H2,1-3H3. The number of aromatic nitrogens is 1. The van der Waals surface area contributed by atoms with E-state index in [4.69, 9.17) is 9.72 Å². The largest absolute Gasteiger partial charge is 0.450 e. The van der Waals surface area contributed by atoms with Gasteiger partial charge in [0.15, 0.2) is 0 Å². The highest BCUT2D eigenvalue weighted by Crippen LogP contribution is 2.32. The highest BCUT2D eigenvalue weighted by atomic mass is 16.6. The Balaban J connectivity index is 1.41. The van der Waals surface area contributed by atoms with Gasteiger partial charge in [-0.25, -0.2) is 4.79 Å². The molecule has 35 heavy (non-hydrogen) atoms. The molecule has 1 aromatic rings. The van der Waals surface area contributed by atoms with Gasteiger partial charge in [-0.15, -0.1) is 0 Å². The SMILES string of the molecule is CCOC(=O)N1CCN(C(=O)c2ccc(C)nc2C2CCN(C(=O)C3C=CCC=C3C)CC2)CC1. The van der Waals surface area contributed by atoms with Crippen LogP contribution in [0.5, 0.6) is 0 Å². The Morgan fingerprint density at radius 2 is 1.66 bits per heavy atom. The smallest absolute Gasteiger partial charge is 0.409 e.